The van der Waals surface area contributed by atoms with Gasteiger partial charge in [-0.3, -0.25) is 14.8 Å². The highest BCUT2D eigenvalue weighted by Crippen LogP contribution is 2.35. The molecule has 0 bridgehead atoms. The first-order valence-corrected chi connectivity index (χ1v) is 11.6. The second-order valence-corrected chi connectivity index (χ2v) is 9.11. The molecule has 1 aromatic heterocycles. The minimum Gasteiger partial charge on any atom is -0.488 e. The predicted molar refractivity (Wildman–Crippen MR) is 127 cm³/mol. The van der Waals surface area contributed by atoms with Gasteiger partial charge in [-0.15, -0.1) is 0 Å². The van der Waals surface area contributed by atoms with Crippen molar-refractivity contribution in [1.29, 1.82) is 0 Å². The summed E-state index contributed by atoms with van der Waals surface area (Å²) in [4.78, 5) is 13.1. The Kier molecular flexibility index (Phi) is 6.00. The maximum absolute atomic E-state index is 11.0. The largest absolute Gasteiger partial charge is 0.488 e. The summed E-state index contributed by atoms with van der Waals surface area (Å²) >= 11 is 6.23. The Labute approximate surface area is 196 Å². The molecular formula is C25H26ClN3O4. The molecule has 33 heavy (non-hydrogen) atoms. The van der Waals surface area contributed by atoms with Gasteiger partial charge in [0.05, 0.1) is 11.4 Å². The Morgan fingerprint density at radius 1 is 1.33 bits per heavy atom. The van der Waals surface area contributed by atoms with Gasteiger partial charge in [0.1, 0.15) is 29.4 Å². The minimum atomic E-state index is -0.716. The molecule has 1 fully saturated rings. The van der Waals surface area contributed by atoms with E-state index in [0.717, 1.165) is 58.5 Å². The van der Waals surface area contributed by atoms with Gasteiger partial charge in [-0.1, -0.05) is 31.0 Å². The number of hydrogen-bond acceptors (Lipinski definition) is 5. The van der Waals surface area contributed by atoms with E-state index in [2.05, 4.69) is 28.1 Å². The minimum absolute atomic E-state index is 0.105. The van der Waals surface area contributed by atoms with E-state index in [9.17, 15) is 4.79 Å². The van der Waals surface area contributed by atoms with Gasteiger partial charge in [0.15, 0.2) is 0 Å². The summed E-state index contributed by atoms with van der Waals surface area (Å²) in [6.07, 6.45) is 3.88. The molecule has 7 nitrogen and oxygen atoms in total. The van der Waals surface area contributed by atoms with Gasteiger partial charge in [-0.25, -0.2) is 0 Å². The molecular weight excluding hydrogens is 442 g/mol. The fourth-order valence-electron chi connectivity index (χ4n) is 4.41. The highest BCUT2D eigenvalue weighted by atomic mass is 35.5. The third-order valence-corrected chi connectivity index (χ3v) is 6.51. The van der Waals surface area contributed by atoms with E-state index in [1.807, 2.05) is 36.4 Å². The van der Waals surface area contributed by atoms with Crippen LogP contribution in [-0.2, 0) is 4.79 Å². The Bertz CT molecular complexity index is 1220. The average Bonchev–Trinajstić information content (AvgIpc) is 3.15. The second-order valence-electron chi connectivity index (χ2n) is 8.73. The molecule has 0 aliphatic carbocycles. The van der Waals surface area contributed by atoms with Gasteiger partial charge < -0.3 is 14.6 Å². The molecule has 0 saturated carbocycles. The standard InChI is InChI=1S/C25H26ClN3O4/c1-2-3-22(17-5-7-21-20(9-17)24(26)28-27-21)33-19-6-4-16-8-15(14-32-23(16)10-19)11-29-12-18(13-29)25(30)31/h4-10,18,22H,2-3,11-14H2,1H3,(H,27,28)(H,30,31). The van der Waals surface area contributed by atoms with Crippen LogP contribution in [0.1, 0.15) is 37.0 Å². The van der Waals surface area contributed by atoms with Crippen LogP contribution in [0.2, 0.25) is 5.15 Å². The zero-order valence-corrected chi connectivity index (χ0v) is 19.1. The lowest BCUT2D eigenvalue weighted by atomic mass is 9.98. The van der Waals surface area contributed by atoms with Gasteiger partial charge in [-0.2, -0.15) is 5.10 Å². The van der Waals surface area contributed by atoms with E-state index in [1.165, 1.54) is 0 Å². The van der Waals surface area contributed by atoms with E-state index in [0.29, 0.717) is 24.8 Å². The third kappa shape index (κ3) is 4.56. The van der Waals surface area contributed by atoms with Crippen LogP contribution in [-0.4, -0.2) is 52.4 Å². The van der Waals surface area contributed by atoms with E-state index in [4.69, 9.17) is 26.2 Å². The lowest BCUT2D eigenvalue weighted by Crippen LogP contribution is -2.51. The highest BCUT2D eigenvalue weighted by molar-refractivity contribution is 6.34. The van der Waals surface area contributed by atoms with Crippen LogP contribution in [0.4, 0.5) is 0 Å². The molecule has 2 aliphatic rings. The number of rotatable bonds is 8. The number of likely N-dealkylation sites (tertiary alicyclic amines) is 1. The Hall–Kier alpha value is -3.03. The van der Waals surface area contributed by atoms with Crippen molar-refractivity contribution in [3.05, 3.63) is 58.3 Å². The number of aromatic amines is 1. The molecule has 2 aromatic carbocycles. The number of ether oxygens (including phenoxy) is 2. The monoisotopic (exact) mass is 467 g/mol. The number of nitrogens with zero attached hydrogens (tertiary/aromatic N) is 2. The zero-order valence-electron chi connectivity index (χ0n) is 18.4. The van der Waals surface area contributed by atoms with E-state index in [-0.39, 0.29) is 12.0 Å². The van der Waals surface area contributed by atoms with E-state index in [1.54, 1.807) is 0 Å². The van der Waals surface area contributed by atoms with Crippen LogP contribution >= 0.6 is 11.6 Å². The molecule has 3 aromatic rings. The summed E-state index contributed by atoms with van der Waals surface area (Å²) in [5.41, 5.74) is 4.05. The Morgan fingerprint density at radius 2 is 2.18 bits per heavy atom. The third-order valence-electron chi connectivity index (χ3n) is 6.22. The van der Waals surface area contributed by atoms with Crippen LogP contribution < -0.4 is 9.47 Å². The summed E-state index contributed by atoms with van der Waals surface area (Å²) < 4.78 is 12.4. The van der Waals surface area contributed by atoms with E-state index >= 15 is 0 Å². The summed E-state index contributed by atoms with van der Waals surface area (Å²) in [5.74, 6) is 0.594. The molecule has 172 valence electrons. The van der Waals surface area contributed by atoms with Crippen LogP contribution in [0.15, 0.2) is 42.0 Å². The quantitative estimate of drug-likeness (QED) is 0.488. The molecule has 5 rings (SSSR count). The number of carboxylic acid groups (broad SMARTS) is 1. The summed E-state index contributed by atoms with van der Waals surface area (Å²) in [6.45, 7) is 4.57. The van der Waals surface area contributed by atoms with Crippen molar-refractivity contribution >= 4 is 34.5 Å². The number of nitrogens with one attached hydrogen (secondary N) is 1. The van der Waals surface area contributed by atoms with Crippen molar-refractivity contribution in [2.75, 3.05) is 26.2 Å². The molecule has 0 radical (unpaired) electrons. The number of halogens is 1. The van der Waals surface area contributed by atoms with Crippen LogP contribution in [0.25, 0.3) is 17.0 Å². The fraction of sp³-hybridized carbons (Fsp3) is 0.360. The maximum atomic E-state index is 11.0. The predicted octanol–water partition coefficient (Wildman–Crippen LogP) is 4.93. The topological polar surface area (TPSA) is 87.7 Å². The first-order chi connectivity index (χ1) is 16.0. The molecule has 3 heterocycles. The number of carboxylic acids is 1. The average molecular weight is 468 g/mol. The molecule has 0 spiro atoms. The maximum Gasteiger partial charge on any atom is 0.309 e. The number of carbonyl (C=O) groups is 1. The molecule has 8 heteroatoms. The molecule has 1 atom stereocenters. The van der Waals surface area contributed by atoms with Crippen molar-refractivity contribution in [2.24, 2.45) is 5.92 Å². The number of fused-ring (bicyclic) bond motifs is 2. The summed E-state index contributed by atoms with van der Waals surface area (Å²) in [7, 11) is 0. The van der Waals surface area contributed by atoms with Crippen LogP contribution in [0.3, 0.4) is 0 Å². The van der Waals surface area contributed by atoms with Gasteiger partial charge in [0.2, 0.25) is 0 Å². The van der Waals surface area contributed by atoms with Gasteiger partial charge >= 0.3 is 5.97 Å². The van der Waals surface area contributed by atoms with Crippen molar-refractivity contribution in [2.45, 2.75) is 25.9 Å². The Morgan fingerprint density at radius 3 is 2.97 bits per heavy atom. The summed E-state index contributed by atoms with van der Waals surface area (Å²) in [6, 6.07) is 12.0. The SMILES string of the molecule is CCCC(Oc1ccc2c(c1)OCC(CN1CC(C(=O)O)C1)=C2)c1ccc2n[nH]c(Cl)c2c1. The van der Waals surface area contributed by atoms with Crippen molar-refractivity contribution < 1.29 is 19.4 Å². The second kappa shape index (κ2) is 9.08. The van der Waals surface area contributed by atoms with Gasteiger partial charge in [0.25, 0.3) is 0 Å². The number of aromatic nitrogens is 2. The molecule has 1 saturated heterocycles. The molecule has 1 unspecified atom stereocenters. The number of aliphatic carboxylic acids is 1. The van der Waals surface area contributed by atoms with Gasteiger partial charge in [-0.05, 0) is 47.9 Å². The highest BCUT2D eigenvalue weighted by Gasteiger charge is 2.33. The zero-order chi connectivity index (χ0) is 22.9. The lowest BCUT2D eigenvalue weighted by Gasteiger charge is -2.37. The Balaban J connectivity index is 1.29. The normalized spacial score (nSPS) is 17.1. The molecule has 0 amide bonds. The number of H-pyrrole nitrogens is 1. The van der Waals surface area contributed by atoms with Gasteiger partial charge in [0, 0.05) is 36.7 Å². The number of benzene rings is 2. The van der Waals surface area contributed by atoms with Crippen LogP contribution in [0, 0.1) is 5.92 Å². The lowest BCUT2D eigenvalue weighted by molar-refractivity contribution is -0.147. The first kappa shape index (κ1) is 21.8. The van der Waals surface area contributed by atoms with Crippen molar-refractivity contribution in [3.63, 3.8) is 0 Å². The molecule has 2 N–H and O–H groups in total. The van der Waals surface area contributed by atoms with Crippen molar-refractivity contribution in [1.82, 2.24) is 15.1 Å². The molecule has 2 aliphatic heterocycles. The smallest absolute Gasteiger partial charge is 0.309 e. The van der Waals surface area contributed by atoms with Crippen molar-refractivity contribution in [3.8, 4) is 11.5 Å². The van der Waals surface area contributed by atoms with Crippen LogP contribution in [0.5, 0.6) is 11.5 Å². The fourth-order valence-corrected chi connectivity index (χ4v) is 4.61. The first-order valence-electron chi connectivity index (χ1n) is 11.2. The van der Waals surface area contributed by atoms with E-state index < -0.39 is 5.97 Å². The summed E-state index contributed by atoms with van der Waals surface area (Å²) in [5, 5.41) is 17.5. The number of hydrogen-bond donors (Lipinski definition) is 2.